The third-order valence-corrected chi connectivity index (χ3v) is 5.31. The van der Waals surface area contributed by atoms with Crippen molar-refractivity contribution in [2.45, 2.75) is 44.7 Å². The molecule has 20 heavy (non-hydrogen) atoms. The molecule has 0 bridgehead atoms. The van der Waals surface area contributed by atoms with Gasteiger partial charge in [-0.2, -0.15) is 0 Å². The Morgan fingerprint density at radius 1 is 1.20 bits per heavy atom. The van der Waals surface area contributed by atoms with Crippen LogP contribution in [0, 0.1) is 5.92 Å². The number of rotatable bonds is 3. The summed E-state index contributed by atoms with van der Waals surface area (Å²) in [4.78, 5) is 2.65. The molecule has 0 saturated carbocycles. The van der Waals surface area contributed by atoms with E-state index in [2.05, 4.69) is 29.3 Å². The predicted octanol–water partition coefficient (Wildman–Crippen LogP) is 3.87. The zero-order valence-corrected chi connectivity index (χ0v) is 13.1. The van der Waals surface area contributed by atoms with Crippen LogP contribution < -0.4 is 5.32 Å². The highest BCUT2D eigenvalue weighted by molar-refractivity contribution is 6.30. The summed E-state index contributed by atoms with van der Waals surface area (Å²) in [6.07, 6.45) is 5.45. The Labute approximate surface area is 127 Å². The van der Waals surface area contributed by atoms with Gasteiger partial charge in [0.15, 0.2) is 0 Å². The van der Waals surface area contributed by atoms with Gasteiger partial charge in [0, 0.05) is 23.7 Å². The van der Waals surface area contributed by atoms with E-state index in [9.17, 15) is 0 Å². The molecule has 3 unspecified atom stereocenters. The van der Waals surface area contributed by atoms with Gasteiger partial charge in [0.1, 0.15) is 0 Å². The molecule has 0 aromatic heterocycles. The fourth-order valence-corrected chi connectivity index (χ4v) is 3.91. The van der Waals surface area contributed by atoms with Crippen LogP contribution in [0.4, 0.5) is 0 Å². The molecule has 1 N–H and O–H groups in total. The van der Waals surface area contributed by atoms with Crippen LogP contribution >= 0.6 is 11.6 Å². The molecule has 2 heterocycles. The molecule has 2 aliphatic rings. The minimum atomic E-state index is 0.497. The van der Waals surface area contributed by atoms with Crippen molar-refractivity contribution in [1.29, 1.82) is 0 Å². The maximum atomic E-state index is 5.99. The van der Waals surface area contributed by atoms with Gasteiger partial charge in [-0.05, 0) is 69.3 Å². The van der Waals surface area contributed by atoms with Crippen LogP contribution in [0.3, 0.4) is 0 Å². The second kappa shape index (κ2) is 6.46. The van der Waals surface area contributed by atoms with Crippen LogP contribution in [0.5, 0.6) is 0 Å². The lowest BCUT2D eigenvalue weighted by molar-refractivity contribution is 0.115. The molecule has 2 aliphatic heterocycles. The van der Waals surface area contributed by atoms with Gasteiger partial charge in [-0.1, -0.05) is 23.7 Å². The van der Waals surface area contributed by atoms with Gasteiger partial charge >= 0.3 is 0 Å². The normalized spacial score (nSPS) is 29.5. The molecular formula is C17H25ClN2. The second-order valence-corrected chi connectivity index (χ2v) is 6.76. The molecule has 0 aliphatic carbocycles. The SMILES string of the molecule is CC(c1ccc(Cl)cc1)N1CCCC(C2CCCN2)C1. The molecule has 110 valence electrons. The van der Waals surface area contributed by atoms with Gasteiger partial charge in [-0.15, -0.1) is 0 Å². The van der Waals surface area contributed by atoms with E-state index in [0.29, 0.717) is 6.04 Å². The molecule has 2 saturated heterocycles. The van der Waals surface area contributed by atoms with Crippen LogP contribution in [0.25, 0.3) is 0 Å². The maximum absolute atomic E-state index is 5.99. The first-order valence-corrected chi connectivity index (χ1v) is 8.35. The Balaban J connectivity index is 1.65. The first kappa shape index (κ1) is 14.4. The maximum Gasteiger partial charge on any atom is 0.0406 e. The van der Waals surface area contributed by atoms with Crippen molar-refractivity contribution in [3.8, 4) is 0 Å². The van der Waals surface area contributed by atoms with E-state index in [4.69, 9.17) is 11.6 Å². The summed E-state index contributed by atoms with van der Waals surface area (Å²) in [5.41, 5.74) is 1.38. The number of benzene rings is 1. The monoisotopic (exact) mass is 292 g/mol. The van der Waals surface area contributed by atoms with E-state index in [1.165, 1.54) is 50.9 Å². The minimum Gasteiger partial charge on any atom is -0.314 e. The lowest BCUT2D eigenvalue weighted by atomic mass is 9.88. The van der Waals surface area contributed by atoms with E-state index >= 15 is 0 Å². The van der Waals surface area contributed by atoms with Crippen molar-refractivity contribution in [1.82, 2.24) is 10.2 Å². The first-order chi connectivity index (χ1) is 9.74. The smallest absolute Gasteiger partial charge is 0.0406 e. The summed E-state index contributed by atoms with van der Waals surface area (Å²) in [6.45, 7) is 6.01. The third-order valence-electron chi connectivity index (χ3n) is 5.06. The number of hydrogen-bond acceptors (Lipinski definition) is 2. The second-order valence-electron chi connectivity index (χ2n) is 6.33. The van der Waals surface area contributed by atoms with Crippen molar-refractivity contribution in [2.75, 3.05) is 19.6 Å². The number of likely N-dealkylation sites (tertiary alicyclic amines) is 1. The average molecular weight is 293 g/mol. The third kappa shape index (κ3) is 3.19. The van der Waals surface area contributed by atoms with Gasteiger partial charge in [-0.3, -0.25) is 4.90 Å². The summed E-state index contributed by atoms with van der Waals surface area (Å²) in [5, 5.41) is 4.52. The Morgan fingerprint density at radius 2 is 2.00 bits per heavy atom. The van der Waals surface area contributed by atoms with Gasteiger partial charge in [0.05, 0.1) is 0 Å². The molecule has 2 nitrogen and oxygen atoms in total. The fraction of sp³-hybridized carbons (Fsp3) is 0.647. The van der Waals surface area contributed by atoms with Crippen molar-refractivity contribution in [2.24, 2.45) is 5.92 Å². The highest BCUT2D eigenvalue weighted by Crippen LogP contribution is 2.30. The van der Waals surface area contributed by atoms with Gasteiger partial charge in [0.2, 0.25) is 0 Å². The summed E-state index contributed by atoms with van der Waals surface area (Å²) in [7, 11) is 0. The Bertz CT molecular complexity index is 425. The molecular weight excluding hydrogens is 268 g/mol. The van der Waals surface area contributed by atoms with E-state index < -0.39 is 0 Å². The minimum absolute atomic E-state index is 0.497. The molecule has 3 atom stereocenters. The quantitative estimate of drug-likeness (QED) is 0.910. The van der Waals surface area contributed by atoms with Crippen LogP contribution in [-0.4, -0.2) is 30.6 Å². The van der Waals surface area contributed by atoms with Gasteiger partial charge in [-0.25, -0.2) is 0 Å². The van der Waals surface area contributed by atoms with Crippen LogP contribution in [0.1, 0.15) is 44.2 Å². The number of nitrogens with zero attached hydrogens (tertiary/aromatic N) is 1. The molecule has 0 amide bonds. The van der Waals surface area contributed by atoms with Crippen molar-refractivity contribution >= 4 is 11.6 Å². The zero-order valence-electron chi connectivity index (χ0n) is 12.3. The van der Waals surface area contributed by atoms with Gasteiger partial charge < -0.3 is 5.32 Å². The molecule has 3 rings (SSSR count). The molecule has 1 aromatic carbocycles. The van der Waals surface area contributed by atoms with E-state index in [1.807, 2.05) is 12.1 Å². The van der Waals surface area contributed by atoms with Crippen LogP contribution in [-0.2, 0) is 0 Å². The molecule has 1 aromatic rings. The summed E-state index contributed by atoms with van der Waals surface area (Å²) >= 11 is 5.99. The van der Waals surface area contributed by atoms with Crippen molar-refractivity contribution < 1.29 is 0 Å². The standard InChI is InChI=1S/C17H25ClN2/c1-13(14-6-8-16(18)9-7-14)20-11-3-4-15(12-20)17-5-2-10-19-17/h6-9,13,15,17,19H,2-5,10-12H2,1H3. The summed E-state index contributed by atoms with van der Waals surface area (Å²) in [5.74, 6) is 0.834. The highest BCUT2D eigenvalue weighted by Gasteiger charge is 2.30. The van der Waals surface area contributed by atoms with Crippen LogP contribution in [0.2, 0.25) is 5.02 Å². The Kier molecular flexibility index (Phi) is 4.65. The number of nitrogens with one attached hydrogen (secondary N) is 1. The zero-order chi connectivity index (χ0) is 13.9. The number of hydrogen-bond donors (Lipinski definition) is 1. The molecule has 3 heteroatoms. The molecule has 0 radical (unpaired) electrons. The van der Waals surface area contributed by atoms with Gasteiger partial charge in [0.25, 0.3) is 0 Å². The number of halogens is 1. The van der Waals surface area contributed by atoms with E-state index in [-0.39, 0.29) is 0 Å². The van der Waals surface area contributed by atoms with E-state index in [1.54, 1.807) is 0 Å². The lowest BCUT2D eigenvalue weighted by Crippen LogP contribution is -2.44. The molecule has 2 fully saturated rings. The highest BCUT2D eigenvalue weighted by atomic mass is 35.5. The topological polar surface area (TPSA) is 15.3 Å². The fourth-order valence-electron chi connectivity index (χ4n) is 3.79. The van der Waals surface area contributed by atoms with Crippen molar-refractivity contribution in [3.05, 3.63) is 34.9 Å². The van der Waals surface area contributed by atoms with Crippen molar-refractivity contribution in [3.63, 3.8) is 0 Å². The Morgan fingerprint density at radius 3 is 2.70 bits per heavy atom. The summed E-state index contributed by atoms with van der Waals surface area (Å²) < 4.78 is 0. The molecule has 0 spiro atoms. The summed E-state index contributed by atoms with van der Waals surface area (Å²) in [6, 6.07) is 9.61. The lowest BCUT2D eigenvalue weighted by Gasteiger charge is -2.39. The van der Waals surface area contributed by atoms with E-state index in [0.717, 1.165) is 17.0 Å². The number of piperidine rings is 1. The largest absolute Gasteiger partial charge is 0.314 e. The Hall–Kier alpha value is -0.570. The predicted molar refractivity (Wildman–Crippen MR) is 85.2 cm³/mol. The first-order valence-electron chi connectivity index (χ1n) is 7.97. The average Bonchev–Trinajstić information content (AvgIpc) is 3.02. The van der Waals surface area contributed by atoms with Crippen LogP contribution in [0.15, 0.2) is 24.3 Å².